The summed E-state index contributed by atoms with van der Waals surface area (Å²) >= 11 is 0. The highest BCUT2D eigenvalue weighted by molar-refractivity contribution is 5.83. The van der Waals surface area contributed by atoms with Crippen LogP contribution in [0.2, 0.25) is 0 Å². The van der Waals surface area contributed by atoms with Crippen molar-refractivity contribution >= 4 is 23.7 Å². The average molecular weight is 388 g/mol. The van der Waals surface area contributed by atoms with E-state index in [9.17, 15) is 14.4 Å². The van der Waals surface area contributed by atoms with E-state index in [1.807, 2.05) is 13.8 Å². The molecule has 3 N–H and O–H groups in total. The number of aromatic nitrogens is 2. The van der Waals surface area contributed by atoms with E-state index in [0.717, 1.165) is 4.57 Å². The zero-order valence-electron chi connectivity index (χ0n) is 15.9. The molecule has 0 atom stereocenters. The Bertz CT molecular complexity index is 974. The number of carboxylic acids is 1. The van der Waals surface area contributed by atoms with Gasteiger partial charge in [-0.05, 0) is 42.7 Å². The summed E-state index contributed by atoms with van der Waals surface area (Å²) in [4.78, 5) is 39.9. The number of aliphatic carboxylic acids is 1. The lowest BCUT2D eigenvalue weighted by atomic mass is 10.2. The van der Waals surface area contributed by atoms with Gasteiger partial charge in [0.25, 0.3) is 5.56 Å². The number of carbonyl (C=O) groups is 1. The first-order valence-electron chi connectivity index (χ1n) is 9.00. The van der Waals surface area contributed by atoms with Crippen LogP contribution in [0, 0.1) is 0 Å². The Labute approximate surface area is 161 Å². The van der Waals surface area contributed by atoms with E-state index >= 15 is 0 Å². The van der Waals surface area contributed by atoms with Crippen LogP contribution in [-0.2, 0) is 17.9 Å². The molecule has 0 aliphatic heterocycles. The molecule has 0 aliphatic carbocycles. The van der Waals surface area contributed by atoms with Gasteiger partial charge in [0.2, 0.25) is 0 Å². The number of hydrogen-bond acceptors (Lipinski definition) is 6. The molecule has 9 nitrogen and oxygen atoms in total. The maximum absolute atomic E-state index is 12.7. The normalized spacial score (nSPS) is 11.1. The van der Waals surface area contributed by atoms with E-state index < -0.39 is 23.8 Å². The van der Waals surface area contributed by atoms with Gasteiger partial charge in [-0.3, -0.25) is 13.9 Å². The molecule has 2 rings (SSSR count). The number of rotatable bonds is 9. The molecule has 0 radical (unpaired) electrons. The lowest BCUT2D eigenvalue weighted by Gasteiger charge is -2.13. The van der Waals surface area contributed by atoms with E-state index in [-0.39, 0.29) is 11.5 Å². The highest BCUT2D eigenvalue weighted by Crippen LogP contribution is 2.16. The molecule has 9 heteroatoms. The SMILES string of the molecule is CCCn1c(N)c(N=Cc2ccc(OCC(=O)O)cc2)c(=O)n(CCC)c1=O. The van der Waals surface area contributed by atoms with E-state index in [2.05, 4.69) is 4.99 Å². The summed E-state index contributed by atoms with van der Waals surface area (Å²) in [6.07, 6.45) is 2.78. The summed E-state index contributed by atoms with van der Waals surface area (Å²) in [6.45, 7) is 4.05. The van der Waals surface area contributed by atoms with Gasteiger partial charge in [-0.1, -0.05) is 13.8 Å². The molecule has 150 valence electrons. The number of hydrogen-bond donors (Lipinski definition) is 2. The molecule has 0 spiro atoms. The summed E-state index contributed by atoms with van der Waals surface area (Å²) in [5, 5.41) is 8.62. The molecular weight excluding hydrogens is 364 g/mol. The third-order valence-electron chi connectivity index (χ3n) is 3.92. The first-order chi connectivity index (χ1) is 13.4. The van der Waals surface area contributed by atoms with Crippen LogP contribution in [0.1, 0.15) is 32.3 Å². The predicted molar refractivity (Wildman–Crippen MR) is 107 cm³/mol. The Morgan fingerprint density at radius 1 is 1.14 bits per heavy atom. The molecule has 0 bridgehead atoms. The van der Waals surface area contributed by atoms with Crippen LogP contribution in [0.5, 0.6) is 5.75 Å². The summed E-state index contributed by atoms with van der Waals surface area (Å²) in [7, 11) is 0. The summed E-state index contributed by atoms with van der Waals surface area (Å²) in [6, 6.07) is 6.54. The number of anilines is 1. The zero-order chi connectivity index (χ0) is 20.7. The van der Waals surface area contributed by atoms with Crippen molar-refractivity contribution in [2.75, 3.05) is 12.3 Å². The van der Waals surface area contributed by atoms with Gasteiger partial charge in [-0.2, -0.15) is 0 Å². The van der Waals surface area contributed by atoms with Gasteiger partial charge in [-0.25, -0.2) is 14.6 Å². The van der Waals surface area contributed by atoms with Crippen molar-refractivity contribution in [1.82, 2.24) is 9.13 Å². The maximum Gasteiger partial charge on any atom is 0.341 e. The fourth-order valence-corrected chi connectivity index (χ4v) is 2.62. The topological polar surface area (TPSA) is 129 Å². The van der Waals surface area contributed by atoms with Crippen LogP contribution < -0.4 is 21.7 Å². The summed E-state index contributed by atoms with van der Waals surface area (Å²) in [5.74, 6) is -0.616. The minimum Gasteiger partial charge on any atom is -0.482 e. The number of benzene rings is 1. The van der Waals surface area contributed by atoms with Gasteiger partial charge in [0.05, 0.1) is 0 Å². The Balaban J connectivity index is 2.38. The van der Waals surface area contributed by atoms with E-state index in [1.54, 1.807) is 24.3 Å². The molecule has 0 fully saturated rings. The molecule has 1 aromatic heterocycles. The van der Waals surface area contributed by atoms with E-state index in [0.29, 0.717) is 37.2 Å². The molecule has 0 unspecified atom stereocenters. The van der Waals surface area contributed by atoms with Crippen LogP contribution in [0.15, 0.2) is 38.8 Å². The molecule has 0 aliphatic rings. The Morgan fingerprint density at radius 2 is 1.75 bits per heavy atom. The van der Waals surface area contributed by atoms with Crippen LogP contribution in [-0.4, -0.2) is 33.0 Å². The molecule has 0 saturated carbocycles. The second kappa shape index (κ2) is 9.54. The lowest BCUT2D eigenvalue weighted by molar-refractivity contribution is -0.139. The number of aliphatic imine (C=N–C) groups is 1. The van der Waals surface area contributed by atoms with E-state index in [1.165, 1.54) is 10.8 Å². The van der Waals surface area contributed by atoms with Gasteiger partial charge < -0.3 is 15.6 Å². The molecule has 1 aromatic carbocycles. The third-order valence-corrected chi connectivity index (χ3v) is 3.92. The highest BCUT2D eigenvalue weighted by Gasteiger charge is 2.15. The van der Waals surface area contributed by atoms with E-state index in [4.69, 9.17) is 15.6 Å². The van der Waals surface area contributed by atoms with Gasteiger partial charge in [-0.15, -0.1) is 0 Å². The zero-order valence-corrected chi connectivity index (χ0v) is 15.9. The molecule has 0 saturated heterocycles. The number of nitrogens with two attached hydrogens (primary N) is 1. The summed E-state index contributed by atoms with van der Waals surface area (Å²) in [5.41, 5.74) is 5.79. The smallest absolute Gasteiger partial charge is 0.341 e. The first-order valence-corrected chi connectivity index (χ1v) is 9.00. The van der Waals surface area contributed by atoms with Crippen molar-refractivity contribution in [1.29, 1.82) is 0 Å². The van der Waals surface area contributed by atoms with Crippen LogP contribution in [0.4, 0.5) is 11.5 Å². The minimum atomic E-state index is -1.06. The van der Waals surface area contributed by atoms with Crippen molar-refractivity contribution in [3.05, 3.63) is 50.7 Å². The van der Waals surface area contributed by atoms with Crippen LogP contribution in [0.25, 0.3) is 0 Å². The molecule has 28 heavy (non-hydrogen) atoms. The van der Waals surface area contributed by atoms with Crippen molar-refractivity contribution < 1.29 is 14.6 Å². The van der Waals surface area contributed by atoms with Crippen molar-refractivity contribution in [2.45, 2.75) is 39.8 Å². The standard InChI is InChI=1S/C19H24N4O5/c1-3-9-22-17(20)16(18(26)23(10-4-2)19(22)27)21-11-13-5-7-14(8-6-13)28-12-15(24)25/h5-8,11H,3-4,9-10,12,20H2,1-2H3,(H,24,25). The van der Waals surface area contributed by atoms with Gasteiger partial charge >= 0.3 is 11.7 Å². The van der Waals surface area contributed by atoms with Gasteiger partial charge in [0.15, 0.2) is 12.3 Å². The van der Waals surface area contributed by atoms with Crippen LogP contribution >= 0.6 is 0 Å². The van der Waals surface area contributed by atoms with Crippen LogP contribution in [0.3, 0.4) is 0 Å². The Morgan fingerprint density at radius 3 is 2.32 bits per heavy atom. The molecule has 1 heterocycles. The first kappa shape index (κ1) is 20.9. The van der Waals surface area contributed by atoms with Crippen molar-refractivity contribution in [3.63, 3.8) is 0 Å². The number of ether oxygens (including phenoxy) is 1. The summed E-state index contributed by atoms with van der Waals surface area (Å²) < 4.78 is 7.59. The largest absolute Gasteiger partial charge is 0.482 e. The fourth-order valence-electron chi connectivity index (χ4n) is 2.62. The highest BCUT2D eigenvalue weighted by atomic mass is 16.5. The Hall–Kier alpha value is -3.36. The lowest BCUT2D eigenvalue weighted by Crippen LogP contribution is -2.41. The Kier molecular flexibility index (Phi) is 7.14. The molecular formula is C19H24N4O5. The minimum absolute atomic E-state index is 0.0210. The monoisotopic (exact) mass is 388 g/mol. The molecule has 0 amide bonds. The predicted octanol–water partition coefficient (Wildman–Crippen LogP) is 1.63. The van der Waals surface area contributed by atoms with Crippen molar-refractivity contribution in [2.24, 2.45) is 4.99 Å². The number of nitrogen functional groups attached to an aromatic ring is 1. The van der Waals surface area contributed by atoms with Crippen molar-refractivity contribution in [3.8, 4) is 5.75 Å². The average Bonchev–Trinajstić information content (AvgIpc) is 2.67. The fraction of sp³-hybridized carbons (Fsp3) is 0.368. The quantitative estimate of drug-likeness (QED) is 0.628. The number of nitrogens with zero attached hydrogens (tertiary/aromatic N) is 3. The van der Waals surface area contributed by atoms with Gasteiger partial charge in [0, 0.05) is 19.3 Å². The molecule has 2 aromatic rings. The number of carboxylic acid groups (broad SMARTS) is 1. The maximum atomic E-state index is 12.7. The van der Waals surface area contributed by atoms with Gasteiger partial charge in [0.1, 0.15) is 11.6 Å². The second-order valence-corrected chi connectivity index (χ2v) is 6.13. The second-order valence-electron chi connectivity index (χ2n) is 6.13. The third kappa shape index (κ3) is 4.87.